The second-order valence-corrected chi connectivity index (χ2v) is 9.00. The third-order valence-corrected chi connectivity index (χ3v) is 6.66. The van der Waals surface area contributed by atoms with Gasteiger partial charge in [-0.3, -0.25) is 9.10 Å². The lowest BCUT2D eigenvalue weighted by atomic mass is 10.0. The van der Waals surface area contributed by atoms with E-state index in [9.17, 15) is 13.2 Å². The topological polar surface area (TPSA) is 80.5 Å². The zero-order valence-electron chi connectivity index (χ0n) is 15.9. The van der Waals surface area contributed by atoms with E-state index in [0.717, 1.165) is 11.1 Å². The molecule has 0 spiro atoms. The third-order valence-electron chi connectivity index (χ3n) is 4.63. The van der Waals surface area contributed by atoms with Crippen molar-refractivity contribution in [3.8, 4) is 0 Å². The molecule has 29 heavy (non-hydrogen) atoms. The molecule has 150 valence electrons. The van der Waals surface area contributed by atoms with Crippen LogP contribution in [0.25, 0.3) is 0 Å². The van der Waals surface area contributed by atoms with Crippen LogP contribution in [0.3, 0.4) is 0 Å². The number of nitrogens with zero attached hydrogens (tertiary/aromatic N) is 1. The fraction of sp³-hybridized carbons (Fsp3) is 0.136. The number of benzene rings is 3. The first kappa shape index (κ1) is 21.0. The van der Waals surface area contributed by atoms with E-state index in [4.69, 9.17) is 17.3 Å². The van der Waals surface area contributed by atoms with Gasteiger partial charge < -0.3 is 5.73 Å². The molecule has 0 aliphatic rings. The summed E-state index contributed by atoms with van der Waals surface area (Å²) in [4.78, 5) is 12.7. The Bertz CT molecular complexity index is 1110. The first-order valence-electron chi connectivity index (χ1n) is 8.97. The zero-order valence-corrected chi connectivity index (χ0v) is 17.5. The van der Waals surface area contributed by atoms with Gasteiger partial charge in [0.1, 0.15) is 0 Å². The number of carbonyl (C=O) groups excluding carboxylic acids is 1. The number of sulfonamides is 1. The number of Topliss-reactive ketones (excluding diaryl/α,β-unsaturated/α-hetero) is 1. The molecule has 0 unspecified atom stereocenters. The molecule has 3 aromatic rings. The van der Waals surface area contributed by atoms with Crippen molar-refractivity contribution in [2.24, 2.45) is 5.73 Å². The smallest absolute Gasteiger partial charge is 0.264 e. The van der Waals surface area contributed by atoms with E-state index in [0.29, 0.717) is 22.8 Å². The molecule has 3 rings (SSSR count). The molecule has 0 aliphatic carbocycles. The average molecular weight is 429 g/mol. The van der Waals surface area contributed by atoms with Crippen LogP contribution in [0.4, 0.5) is 5.69 Å². The summed E-state index contributed by atoms with van der Waals surface area (Å²) in [6.45, 7) is 0.440. The van der Waals surface area contributed by atoms with E-state index < -0.39 is 10.0 Å². The summed E-state index contributed by atoms with van der Waals surface area (Å²) in [6.07, 6.45) is 0.182. The number of ketones is 1. The van der Waals surface area contributed by atoms with Crippen molar-refractivity contribution >= 4 is 33.1 Å². The van der Waals surface area contributed by atoms with Gasteiger partial charge in [-0.1, -0.05) is 48.0 Å². The highest BCUT2D eigenvalue weighted by Gasteiger charge is 2.22. The zero-order chi connectivity index (χ0) is 21.0. The predicted octanol–water partition coefficient (Wildman–Crippen LogP) is 4.05. The van der Waals surface area contributed by atoms with E-state index in [1.54, 1.807) is 36.4 Å². The van der Waals surface area contributed by atoms with Crippen LogP contribution in [0.5, 0.6) is 0 Å². The van der Waals surface area contributed by atoms with E-state index >= 15 is 0 Å². The molecule has 0 fully saturated rings. The van der Waals surface area contributed by atoms with Gasteiger partial charge in [0, 0.05) is 30.6 Å². The van der Waals surface area contributed by atoms with E-state index in [1.807, 2.05) is 24.3 Å². The third kappa shape index (κ3) is 4.85. The molecule has 7 heteroatoms. The normalized spacial score (nSPS) is 11.3. The van der Waals surface area contributed by atoms with Gasteiger partial charge >= 0.3 is 0 Å². The van der Waals surface area contributed by atoms with Crippen molar-refractivity contribution in [2.45, 2.75) is 17.9 Å². The molecule has 0 amide bonds. The number of hydrogen-bond donors (Lipinski definition) is 1. The Morgan fingerprint density at radius 1 is 0.966 bits per heavy atom. The monoisotopic (exact) mass is 428 g/mol. The number of halogens is 1. The Labute approximate surface area is 175 Å². The maximum absolute atomic E-state index is 13.0. The highest BCUT2D eigenvalue weighted by atomic mass is 35.5. The summed E-state index contributed by atoms with van der Waals surface area (Å²) in [7, 11) is -2.35. The van der Waals surface area contributed by atoms with Crippen molar-refractivity contribution in [2.75, 3.05) is 11.4 Å². The fourth-order valence-corrected chi connectivity index (χ4v) is 4.23. The first-order chi connectivity index (χ1) is 13.8. The number of hydrogen-bond acceptors (Lipinski definition) is 4. The molecule has 2 N–H and O–H groups in total. The van der Waals surface area contributed by atoms with Crippen LogP contribution in [-0.4, -0.2) is 21.2 Å². The van der Waals surface area contributed by atoms with Crippen LogP contribution in [0, 0.1) is 0 Å². The summed E-state index contributed by atoms with van der Waals surface area (Å²) < 4.78 is 27.1. The molecule has 3 aromatic carbocycles. The summed E-state index contributed by atoms with van der Waals surface area (Å²) in [5.74, 6) is -0.156. The van der Waals surface area contributed by atoms with Gasteiger partial charge in [-0.2, -0.15) is 0 Å². The molecule has 0 saturated carbocycles. The SMILES string of the molecule is CN(c1ccc(Cl)cc1)S(=O)(=O)c1cccc(C(=O)Cc2ccc(CN)cc2)c1. The second-order valence-electron chi connectivity index (χ2n) is 6.60. The molecule has 0 radical (unpaired) electrons. The number of anilines is 1. The maximum Gasteiger partial charge on any atom is 0.264 e. The van der Waals surface area contributed by atoms with Crippen molar-refractivity contribution < 1.29 is 13.2 Å². The van der Waals surface area contributed by atoms with Crippen molar-refractivity contribution in [3.05, 3.63) is 94.5 Å². The lowest BCUT2D eigenvalue weighted by Gasteiger charge is -2.20. The van der Waals surface area contributed by atoms with Gasteiger partial charge in [0.2, 0.25) is 0 Å². The quantitative estimate of drug-likeness (QED) is 0.575. The van der Waals surface area contributed by atoms with Crippen LogP contribution >= 0.6 is 11.6 Å². The molecular weight excluding hydrogens is 408 g/mol. The Kier molecular flexibility index (Phi) is 6.37. The molecule has 0 atom stereocenters. The number of carbonyl (C=O) groups is 1. The van der Waals surface area contributed by atoms with E-state index in [1.165, 1.54) is 23.5 Å². The largest absolute Gasteiger partial charge is 0.326 e. The number of nitrogens with two attached hydrogens (primary N) is 1. The lowest BCUT2D eigenvalue weighted by molar-refractivity contribution is 0.0992. The minimum absolute atomic E-state index is 0.0549. The molecule has 0 heterocycles. The molecule has 0 aromatic heterocycles. The Morgan fingerprint density at radius 3 is 2.21 bits per heavy atom. The van der Waals surface area contributed by atoms with Gasteiger partial charge in [0.25, 0.3) is 10.0 Å². The molecule has 5 nitrogen and oxygen atoms in total. The summed E-state index contributed by atoms with van der Waals surface area (Å²) in [5.41, 5.74) is 8.24. The Morgan fingerprint density at radius 2 is 1.59 bits per heavy atom. The van der Waals surface area contributed by atoms with Gasteiger partial charge in [-0.05, 0) is 47.5 Å². The van der Waals surface area contributed by atoms with Crippen molar-refractivity contribution in [1.29, 1.82) is 0 Å². The highest BCUT2D eigenvalue weighted by molar-refractivity contribution is 7.92. The molecular formula is C22H21ClN2O3S. The van der Waals surface area contributed by atoms with Gasteiger partial charge in [0.05, 0.1) is 10.6 Å². The second kappa shape index (κ2) is 8.78. The minimum atomic E-state index is -3.82. The van der Waals surface area contributed by atoms with Gasteiger partial charge in [-0.15, -0.1) is 0 Å². The molecule has 0 saturated heterocycles. The lowest BCUT2D eigenvalue weighted by Crippen LogP contribution is -2.26. The standard InChI is InChI=1S/C22H21ClN2O3S/c1-25(20-11-9-19(23)10-12-20)29(27,28)21-4-2-3-18(14-21)22(26)13-16-5-7-17(15-24)8-6-16/h2-12,14H,13,15,24H2,1H3. The highest BCUT2D eigenvalue weighted by Crippen LogP contribution is 2.24. The van der Waals surface area contributed by atoms with Crippen molar-refractivity contribution in [3.63, 3.8) is 0 Å². The van der Waals surface area contributed by atoms with Crippen LogP contribution in [0.2, 0.25) is 5.02 Å². The van der Waals surface area contributed by atoms with Crippen molar-refractivity contribution in [1.82, 2.24) is 0 Å². The summed E-state index contributed by atoms with van der Waals surface area (Å²) >= 11 is 5.87. The van der Waals surface area contributed by atoms with Crippen LogP contribution in [-0.2, 0) is 23.0 Å². The van der Waals surface area contributed by atoms with Gasteiger partial charge in [-0.25, -0.2) is 8.42 Å². The van der Waals surface area contributed by atoms with Crippen LogP contribution in [0.15, 0.2) is 77.7 Å². The van der Waals surface area contributed by atoms with Crippen LogP contribution in [0.1, 0.15) is 21.5 Å². The molecule has 0 aliphatic heterocycles. The fourth-order valence-electron chi connectivity index (χ4n) is 2.86. The Hall–Kier alpha value is -2.67. The van der Waals surface area contributed by atoms with E-state index in [2.05, 4.69) is 0 Å². The van der Waals surface area contributed by atoms with E-state index in [-0.39, 0.29) is 17.1 Å². The summed E-state index contributed by atoms with van der Waals surface area (Å²) in [6, 6.07) is 20.1. The Balaban J connectivity index is 1.83. The predicted molar refractivity (Wildman–Crippen MR) is 116 cm³/mol. The number of rotatable bonds is 7. The summed E-state index contributed by atoms with van der Waals surface area (Å²) in [5, 5.41) is 0.520. The van der Waals surface area contributed by atoms with Crippen LogP contribution < -0.4 is 10.0 Å². The molecule has 0 bridgehead atoms. The van der Waals surface area contributed by atoms with Gasteiger partial charge in [0.15, 0.2) is 5.78 Å². The maximum atomic E-state index is 13.0. The first-order valence-corrected chi connectivity index (χ1v) is 10.8. The minimum Gasteiger partial charge on any atom is -0.326 e. The average Bonchev–Trinajstić information content (AvgIpc) is 2.74.